The number of anilines is 1. The highest BCUT2D eigenvalue weighted by atomic mass is 16.6. The van der Waals surface area contributed by atoms with Crippen LogP contribution >= 0.6 is 0 Å². The van der Waals surface area contributed by atoms with Crippen LogP contribution in [0.25, 0.3) is 0 Å². The van der Waals surface area contributed by atoms with Crippen LogP contribution in [0.3, 0.4) is 0 Å². The smallest absolute Gasteiger partial charge is 0.278 e. The molecule has 164 valence electrons. The highest BCUT2D eigenvalue weighted by Gasteiger charge is 2.29. The molecule has 2 atom stereocenters. The molecule has 3 N–H and O–H groups in total. The molecule has 0 spiro atoms. The molecule has 0 bridgehead atoms. The SMILES string of the molecule is COc1cccc(NC(=O)[C@@H](NNC(=O)[C@H]2COc3ccccc3O2)c2ccccc2)c1. The van der Waals surface area contributed by atoms with Gasteiger partial charge in [0, 0.05) is 11.8 Å². The molecule has 1 heterocycles. The van der Waals surface area contributed by atoms with E-state index in [0.717, 1.165) is 0 Å². The van der Waals surface area contributed by atoms with E-state index in [0.29, 0.717) is 28.5 Å². The van der Waals surface area contributed by atoms with Crippen molar-refractivity contribution >= 4 is 17.5 Å². The normalized spacial score (nSPS) is 15.3. The Labute approximate surface area is 185 Å². The average Bonchev–Trinajstić information content (AvgIpc) is 2.84. The highest BCUT2D eigenvalue weighted by Crippen LogP contribution is 2.30. The zero-order valence-corrected chi connectivity index (χ0v) is 17.4. The molecule has 1 aliphatic rings. The summed E-state index contributed by atoms with van der Waals surface area (Å²) in [7, 11) is 1.56. The monoisotopic (exact) mass is 433 g/mol. The first-order valence-electron chi connectivity index (χ1n) is 10.1. The number of carbonyl (C=O) groups excluding carboxylic acids is 2. The molecule has 32 heavy (non-hydrogen) atoms. The molecule has 8 nitrogen and oxygen atoms in total. The molecule has 0 aromatic heterocycles. The van der Waals surface area contributed by atoms with E-state index in [1.54, 1.807) is 61.7 Å². The van der Waals surface area contributed by atoms with E-state index < -0.39 is 18.1 Å². The van der Waals surface area contributed by atoms with Crippen molar-refractivity contribution in [3.05, 3.63) is 84.4 Å². The number of para-hydroxylation sites is 2. The van der Waals surface area contributed by atoms with Gasteiger partial charge in [0.25, 0.3) is 5.91 Å². The summed E-state index contributed by atoms with van der Waals surface area (Å²) in [5.74, 6) is 0.902. The fraction of sp³-hybridized carbons (Fsp3) is 0.167. The molecule has 0 radical (unpaired) electrons. The van der Waals surface area contributed by atoms with Crippen LogP contribution in [0, 0.1) is 0 Å². The average molecular weight is 433 g/mol. The van der Waals surface area contributed by atoms with E-state index in [1.807, 2.05) is 24.3 Å². The van der Waals surface area contributed by atoms with E-state index in [1.165, 1.54) is 0 Å². The highest BCUT2D eigenvalue weighted by molar-refractivity contribution is 5.96. The summed E-state index contributed by atoms with van der Waals surface area (Å²) in [6, 6.07) is 22.4. The second-order valence-electron chi connectivity index (χ2n) is 7.06. The van der Waals surface area contributed by atoms with Gasteiger partial charge in [0.05, 0.1) is 7.11 Å². The van der Waals surface area contributed by atoms with Crippen LogP contribution in [0.15, 0.2) is 78.9 Å². The van der Waals surface area contributed by atoms with Gasteiger partial charge in [-0.25, -0.2) is 5.43 Å². The van der Waals surface area contributed by atoms with Gasteiger partial charge in [-0.15, -0.1) is 0 Å². The lowest BCUT2D eigenvalue weighted by atomic mass is 10.1. The molecule has 0 fully saturated rings. The van der Waals surface area contributed by atoms with Gasteiger partial charge in [0.2, 0.25) is 12.0 Å². The van der Waals surface area contributed by atoms with Crippen LogP contribution in [-0.4, -0.2) is 31.6 Å². The summed E-state index contributed by atoms with van der Waals surface area (Å²) in [4.78, 5) is 25.7. The number of fused-ring (bicyclic) bond motifs is 1. The molecule has 0 unspecified atom stereocenters. The maximum absolute atomic E-state index is 13.0. The summed E-state index contributed by atoms with van der Waals surface area (Å²) in [5, 5.41) is 2.84. The van der Waals surface area contributed by atoms with Crippen LogP contribution in [0.1, 0.15) is 11.6 Å². The Morgan fingerprint density at radius 3 is 2.50 bits per heavy atom. The molecule has 2 amide bonds. The number of rotatable bonds is 7. The number of ether oxygens (including phenoxy) is 3. The Morgan fingerprint density at radius 1 is 0.969 bits per heavy atom. The number of methoxy groups -OCH3 is 1. The molecule has 3 aromatic rings. The number of nitrogens with one attached hydrogen (secondary N) is 3. The fourth-order valence-corrected chi connectivity index (χ4v) is 3.23. The molecular weight excluding hydrogens is 410 g/mol. The van der Waals surface area contributed by atoms with Crippen molar-refractivity contribution in [2.75, 3.05) is 19.0 Å². The zero-order chi connectivity index (χ0) is 22.3. The summed E-state index contributed by atoms with van der Waals surface area (Å²) in [6.07, 6.45) is -0.852. The van der Waals surface area contributed by atoms with Crippen molar-refractivity contribution in [3.8, 4) is 17.2 Å². The van der Waals surface area contributed by atoms with Gasteiger partial charge >= 0.3 is 0 Å². The number of benzene rings is 3. The zero-order valence-electron chi connectivity index (χ0n) is 17.4. The standard InChI is InChI=1S/C24H23N3O5/c1-30-18-11-7-10-17(14-18)25-24(29)22(16-8-3-2-4-9-16)26-27-23(28)21-15-31-19-12-5-6-13-20(19)32-21/h2-14,21-22,26H,15H2,1H3,(H,25,29)(H,27,28)/t21-,22+/m1/s1. The van der Waals surface area contributed by atoms with Crippen molar-refractivity contribution in [2.24, 2.45) is 0 Å². The Kier molecular flexibility index (Phi) is 6.52. The van der Waals surface area contributed by atoms with Crippen LogP contribution < -0.4 is 30.4 Å². The van der Waals surface area contributed by atoms with Crippen LogP contribution in [-0.2, 0) is 9.59 Å². The first-order chi connectivity index (χ1) is 15.6. The van der Waals surface area contributed by atoms with Crippen molar-refractivity contribution < 1.29 is 23.8 Å². The van der Waals surface area contributed by atoms with Crippen LogP contribution in [0.4, 0.5) is 5.69 Å². The number of carbonyl (C=O) groups is 2. The van der Waals surface area contributed by atoms with Crippen molar-refractivity contribution in [3.63, 3.8) is 0 Å². The summed E-state index contributed by atoms with van der Waals surface area (Å²) < 4.78 is 16.5. The van der Waals surface area contributed by atoms with Crippen molar-refractivity contribution in [2.45, 2.75) is 12.1 Å². The number of amides is 2. The Morgan fingerprint density at radius 2 is 1.72 bits per heavy atom. The number of hydrazine groups is 1. The molecule has 0 saturated carbocycles. The van der Waals surface area contributed by atoms with Crippen molar-refractivity contribution in [1.82, 2.24) is 10.9 Å². The second kappa shape index (κ2) is 9.84. The predicted octanol–water partition coefficient (Wildman–Crippen LogP) is 2.84. The van der Waals surface area contributed by atoms with E-state index in [9.17, 15) is 9.59 Å². The van der Waals surface area contributed by atoms with E-state index in [4.69, 9.17) is 14.2 Å². The molecular formula is C24H23N3O5. The minimum absolute atomic E-state index is 0.0660. The molecule has 4 rings (SSSR count). The van der Waals surface area contributed by atoms with Crippen molar-refractivity contribution in [1.29, 1.82) is 0 Å². The Bertz CT molecular complexity index is 1090. The summed E-state index contributed by atoms with van der Waals surface area (Å²) in [5.41, 5.74) is 6.67. The van der Waals surface area contributed by atoms with Gasteiger partial charge in [0.1, 0.15) is 18.4 Å². The summed E-state index contributed by atoms with van der Waals surface area (Å²) in [6.45, 7) is 0.0660. The lowest BCUT2D eigenvalue weighted by molar-refractivity contribution is -0.132. The van der Waals surface area contributed by atoms with Gasteiger partial charge in [0.15, 0.2) is 11.5 Å². The Hall–Kier alpha value is -4.04. The van der Waals surface area contributed by atoms with Gasteiger partial charge in [-0.1, -0.05) is 48.5 Å². The maximum atomic E-state index is 13.0. The van der Waals surface area contributed by atoms with Crippen LogP contribution in [0.5, 0.6) is 17.2 Å². The third kappa shape index (κ3) is 4.98. The molecule has 1 aliphatic heterocycles. The first-order valence-corrected chi connectivity index (χ1v) is 10.1. The maximum Gasteiger partial charge on any atom is 0.278 e. The first kappa shape index (κ1) is 21.2. The molecule has 8 heteroatoms. The topological polar surface area (TPSA) is 97.9 Å². The van der Waals surface area contributed by atoms with Gasteiger partial charge < -0.3 is 19.5 Å². The summed E-state index contributed by atoms with van der Waals surface area (Å²) >= 11 is 0. The molecule has 0 aliphatic carbocycles. The van der Waals surface area contributed by atoms with Gasteiger partial charge in [-0.2, -0.15) is 0 Å². The third-order valence-corrected chi connectivity index (χ3v) is 4.87. The lowest BCUT2D eigenvalue weighted by Crippen LogP contribution is -2.51. The predicted molar refractivity (Wildman–Crippen MR) is 118 cm³/mol. The van der Waals surface area contributed by atoms with Gasteiger partial charge in [-0.3, -0.25) is 15.0 Å². The number of hydrogen-bond acceptors (Lipinski definition) is 6. The lowest BCUT2D eigenvalue weighted by Gasteiger charge is -2.26. The van der Waals surface area contributed by atoms with Crippen LogP contribution in [0.2, 0.25) is 0 Å². The second-order valence-corrected chi connectivity index (χ2v) is 7.06. The quantitative estimate of drug-likeness (QED) is 0.496. The molecule has 3 aromatic carbocycles. The Balaban J connectivity index is 1.44. The van der Waals surface area contributed by atoms with E-state index in [-0.39, 0.29) is 12.5 Å². The molecule has 0 saturated heterocycles. The van der Waals surface area contributed by atoms with E-state index >= 15 is 0 Å². The fourth-order valence-electron chi connectivity index (χ4n) is 3.23. The van der Waals surface area contributed by atoms with Gasteiger partial charge in [-0.05, 0) is 29.8 Å². The largest absolute Gasteiger partial charge is 0.497 e. The number of hydrogen-bond donors (Lipinski definition) is 3. The minimum atomic E-state index is -0.852. The third-order valence-electron chi connectivity index (χ3n) is 4.87. The minimum Gasteiger partial charge on any atom is -0.497 e. The van der Waals surface area contributed by atoms with E-state index in [2.05, 4.69) is 16.2 Å².